The van der Waals surface area contributed by atoms with Crippen LogP contribution in [0.15, 0.2) is 0 Å². The van der Waals surface area contributed by atoms with Crippen molar-refractivity contribution < 1.29 is 14.7 Å². The molecule has 0 radical (unpaired) electrons. The highest BCUT2D eigenvalue weighted by molar-refractivity contribution is 5.86. The highest BCUT2D eigenvalue weighted by Gasteiger charge is 2.41. The third-order valence-corrected chi connectivity index (χ3v) is 5.15. The Kier molecular flexibility index (Phi) is 5.25. The number of piperazine rings is 1. The molecule has 4 atom stereocenters. The Labute approximate surface area is 127 Å². The molecular weight excluding hydrogens is 268 g/mol. The van der Waals surface area contributed by atoms with Gasteiger partial charge in [0.25, 0.3) is 0 Å². The summed E-state index contributed by atoms with van der Waals surface area (Å²) in [6.07, 6.45) is 3.40. The smallest absolute Gasteiger partial charge is 0.305 e. The first-order chi connectivity index (χ1) is 9.90. The highest BCUT2D eigenvalue weighted by atomic mass is 16.4. The van der Waals surface area contributed by atoms with Crippen molar-refractivity contribution in [2.75, 3.05) is 13.1 Å². The first-order valence-corrected chi connectivity index (χ1v) is 8.15. The van der Waals surface area contributed by atoms with E-state index in [2.05, 4.69) is 31.0 Å². The molecule has 0 bridgehead atoms. The molecule has 5 heteroatoms. The number of rotatable bonds is 4. The lowest BCUT2D eigenvalue weighted by molar-refractivity contribution is -0.145. The van der Waals surface area contributed by atoms with E-state index in [1.165, 1.54) is 12.8 Å². The number of carboxylic acid groups (broad SMARTS) is 1. The standard InChI is InChI=1S/C16H28N2O3/c1-10(2)12-5-4-11(3)8-13(12)18-7-6-17-16(21)14(18)9-15(19)20/h10-14H,4-9H2,1-3H3,(H,17,21)(H,19,20). The molecule has 1 heterocycles. The molecule has 1 amide bonds. The lowest BCUT2D eigenvalue weighted by atomic mass is 9.72. The molecule has 21 heavy (non-hydrogen) atoms. The van der Waals surface area contributed by atoms with E-state index in [1.54, 1.807) is 0 Å². The van der Waals surface area contributed by atoms with E-state index in [9.17, 15) is 9.59 Å². The van der Waals surface area contributed by atoms with E-state index in [-0.39, 0.29) is 12.3 Å². The minimum Gasteiger partial charge on any atom is -0.481 e. The van der Waals surface area contributed by atoms with Gasteiger partial charge in [-0.15, -0.1) is 0 Å². The van der Waals surface area contributed by atoms with Gasteiger partial charge in [-0.2, -0.15) is 0 Å². The fraction of sp³-hybridized carbons (Fsp3) is 0.875. The molecular formula is C16H28N2O3. The van der Waals surface area contributed by atoms with E-state index in [1.807, 2.05) is 0 Å². The highest BCUT2D eigenvalue weighted by Crippen LogP contribution is 2.37. The molecule has 2 rings (SSSR count). The van der Waals surface area contributed by atoms with Gasteiger partial charge in [0.2, 0.25) is 5.91 Å². The minimum absolute atomic E-state index is 0.0957. The first kappa shape index (κ1) is 16.3. The van der Waals surface area contributed by atoms with Crippen LogP contribution in [0.4, 0.5) is 0 Å². The fourth-order valence-electron chi connectivity index (χ4n) is 4.04. The molecule has 1 aliphatic heterocycles. The predicted molar refractivity (Wildman–Crippen MR) is 80.9 cm³/mol. The van der Waals surface area contributed by atoms with Crippen molar-refractivity contribution in [1.82, 2.24) is 10.2 Å². The number of carboxylic acids is 1. The molecule has 0 spiro atoms. The first-order valence-electron chi connectivity index (χ1n) is 8.15. The average molecular weight is 296 g/mol. The molecule has 4 unspecified atom stereocenters. The van der Waals surface area contributed by atoms with Gasteiger partial charge in [-0.25, -0.2) is 0 Å². The van der Waals surface area contributed by atoms with Gasteiger partial charge < -0.3 is 10.4 Å². The Morgan fingerprint density at radius 1 is 1.43 bits per heavy atom. The summed E-state index contributed by atoms with van der Waals surface area (Å²) in [4.78, 5) is 25.4. The van der Waals surface area contributed by atoms with Gasteiger partial charge in [0, 0.05) is 19.1 Å². The Bertz CT molecular complexity index is 397. The lowest BCUT2D eigenvalue weighted by Crippen LogP contribution is -2.61. The number of carbonyl (C=O) groups is 2. The zero-order valence-corrected chi connectivity index (χ0v) is 13.3. The van der Waals surface area contributed by atoms with Gasteiger partial charge in [-0.1, -0.05) is 27.2 Å². The maximum atomic E-state index is 12.1. The average Bonchev–Trinajstić information content (AvgIpc) is 2.40. The fourth-order valence-corrected chi connectivity index (χ4v) is 4.04. The van der Waals surface area contributed by atoms with Crippen LogP contribution in [0.5, 0.6) is 0 Å². The van der Waals surface area contributed by atoms with Crippen LogP contribution in [0.1, 0.15) is 46.5 Å². The molecule has 1 saturated carbocycles. The van der Waals surface area contributed by atoms with Crippen LogP contribution >= 0.6 is 0 Å². The van der Waals surface area contributed by atoms with Crippen LogP contribution in [-0.4, -0.2) is 47.1 Å². The second-order valence-electron chi connectivity index (χ2n) is 7.04. The van der Waals surface area contributed by atoms with E-state index in [0.717, 1.165) is 13.0 Å². The van der Waals surface area contributed by atoms with Crippen molar-refractivity contribution in [3.05, 3.63) is 0 Å². The molecule has 0 aromatic carbocycles. The molecule has 2 aliphatic rings. The zero-order valence-electron chi connectivity index (χ0n) is 13.3. The van der Waals surface area contributed by atoms with Gasteiger partial charge in [-0.3, -0.25) is 14.5 Å². The number of nitrogens with one attached hydrogen (secondary N) is 1. The quantitative estimate of drug-likeness (QED) is 0.829. The number of aliphatic carboxylic acids is 1. The Morgan fingerprint density at radius 2 is 2.14 bits per heavy atom. The van der Waals surface area contributed by atoms with Crippen molar-refractivity contribution in [1.29, 1.82) is 0 Å². The molecule has 120 valence electrons. The van der Waals surface area contributed by atoms with E-state index in [4.69, 9.17) is 5.11 Å². The number of carbonyl (C=O) groups excluding carboxylic acids is 1. The third kappa shape index (κ3) is 3.76. The van der Waals surface area contributed by atoms with Crippen LogP contribution in [0.25, 0.3) is 0 Å². The lowest BCUT2D eigenvalue weighted by Gasteiger charge is -2.48. The van der Waals surface area contributed by atoms with Crippen molar-refractivity contribution in [3.8, 4) is 0 Å². The summed E-state index contributed by atoms with van der Waals surface area (Å²) in [7, 11) is 0. The number of hydrogen-bond acceptors (Lipinski definition) is 3. The normalized spacial score (nSPS) is 34.8. The molecule has 0 aromatic heterocycles. The second-order valence-corrected chi connectivity index (χ2v) is 7.04. The van der Waals surface area contributed by atoms with Crippen LogP contribution in [0.2, 0.25) is 0 Å². The number of nitrogens with zero attached hydrogens (tertiary/aromatic N) is 1. The third-order valence-electron chi connectivity index (χ3n) is 5.15. The molecule has 5 nitrogen and oxygen atoms in total. The molecule has 2 fully saturated rings. The van der Waals surface area contributed by atoms with Crippen molar-refractivity contribution >= 4 is 11.9 Å². The SMILES string of the molecule is CC1CCC(C(C)C)C(N2CCNC(=O)C2CC(=O)O)C1. The Morgan fingerprint density at radius 3 is 2.76 bits per heavy atom. The maximum absolute atomic E-state index is 12.1. The summed E-state index contributed by atoms with van der Waals surface area (Å²) in [6, 6.07) is -0.169. The molecule has 2 N–H and O–H groups in total. The van der Waals surface area contributed by atoms with Crippen molar-refractivity contribution in [2.24, 2.45) is 17.8 Å². The summed E-state index contributed by atoms with van der Waals surface area (Å²) >= 11 is 0. The monoisotopic (exact) mass is 296 g/mol. The van der Waals surface area contributed by atoms with Gasteiger partial charge >= 0.3 is 5.97 Å². The maximum Gasteiger partial charge on any atom is 0.305 e. The van der Waals surface area contributed by atoms with E-state index < -0.39 is 12.0 Å². The molecule has 0 aromatic rings. The summed E-state index contributed by atoms with van der Waals surface area (Å²) in [5.41, 5.74) is 0. The Hall–Kier alpha value is -1.10. The largest absolute Gasteiger partial charge is 0.481 e. The minimum atomic E-state index is -0.896. The Balaban J connectivity index is 2.20. The van der Waals surface area contributed by atoms with Crippen LogP contribution in [-0.2, 0) is 9.59 Å². The van der Waals surface area contributed by atoms with Crippen LogP contribution < -0.4 is 5.32 Å². The van der Waals surface area contributed by atoms with E-state index >= 15 is 0 Å². The predicted octanol–water partition coefficient (Wildman–Crippen LogP) is 1.72. The van der Waals surface area contributed by atoms with Crippen LogP contribution in [0.3, 0.4) is 0 Å². The summed E-state index contributed by atoms with van der Waals surface area (Å²) in [5, 5.41) is 11.9. The van der Waals surface area contributed by atoms with E-state index in [0.29, 0.717) is 30.3 Å². The van der Waals surface area contributed by atoms with Gasteiger partial charge in [0.05, 0.1) is 12.5 Å². The van der Waals surface area contributed by atoms with Crippen molar-refractivity contribution in [3.63, 3.8) is 0 Å². The van der Waals surface area contributed by atoms with Crippen LogP contribution in [0, 0.1) is 17.8 Å². The molecule has 1 saturated heterocycles. The number of hydrogen-bond donors (Lipinski definition) is 2. The second kappa shape index (κ2) is 6.77. The molecule has 1 aliphatic carbocycles. The summed E-state index contributed by atoms with van der Waals surface area (Å²) < 4.78 is 0. The zero-order chi connectivity index (χ0) is 15.6. The topological polar surface area (TPSA) is 69.6 Å². The van der Waals surface area contributed by atoms with Gasteiger partial charge in [0.1, 0.15) is 0 Å². The van der Waals surface area contributed by atoms with Crippen molar-refractivity contribution in [2.45, 2.75) is 58.5 Å². The van der Waals surface area contributed by atoms with Gasteiger partial charge in [0.15, 0.2) is 0 Å². The van der Waals surface area contributed by atoms with Gasteiger partial charge in [-0.05, 0) is 30.6 Å². The number of amides is 1. The summed E-state index contributed by atoms with van der Waals surface area (Å²) in [6.45, 7) is 8.14. The summed E-state index contributed by atoms with van der Waals surface area (Å²) in [5.74, 6) is 0.762.